The second-order valence-electron chi connectivity index (χ2n) is 6.35. The van der Waals surface area contributed by atoms with Crippen LogP contribution in [-0.2, 0) is 4.79 Å². The Bertz CT molecular complexity index is 1220. The average Bonchev–Trinajstić information content (AvgIpc) is 3.14. The molecule has 0 bridgehead atoms. The fourth-order valence-electron chi connectivity index (χ4n) is 2.90. The van der Waals surface area contributed by atoms with Gasteiger partial charge in [0.25, 0.3) is 5.91 Å². The zero-order valence-corrected chi connectivity index (χ0v) is 15.4. The van der Waals surface area contributed by atoms with Gasteiger partial charge in [0.05, 0.1) is 11.3 Å². The number of hydrogen-bond acceptors (Lipinski definition) is 4. The van der Waals surface area contributed by atoms with Gasteiger partial charge < -0.3 is 10.6 Å². The molecular weight excluding hydrogens is 373 g/mol. The van der Waals surface area contributed by atoms with Gasteiger partial charge in [-0.25, -0.2) is 14.4 Å². The SMILES string of the molecule is CC(=O)Nc1ccc(F)c(NC(=O)c2cnc3c(c2)ncn3-c2ccccc2)c1. The number of para-hydroxylation sites is 1. The van der Waals surface area contributed by atoms with E-state index in [1.54, 1.807) is 12.4 Å². The molecule has 4 aromatic rings. The molecule has 4 rings (SSSR count). The summed E-state index contributed by atoms with van der Waals surface area (Å²) in [7, 11) is 0. The van der Waals surface area contributed by atoms with Gasteiger partial charge >= 0.3 is 0 Å². The molecule has 2 N–H and O–H groups in total. The summed E-state index contributed by atoms with van der Waals surface area (Å²) in [6, 6.07) is 15.1. The van der Waals surface area contributed by atoms with Crippen LogP contribution in [0.3, 0.4) is 0 Å². The number of hydrogen-bond donors (Lipinski definition) is 2. The summed E-state index contributed by atoms with van der Waals surface area (Å²) in [5, 5.41) is 5.05. The van der Waals surface area contributed by atoms with Gasteiger partial charge in [-0.1, -0.05) is 18.2 Å². The normalized spacial score (nSPS) is 10.7. The Morgan fingerprint density at radius 1 is 1.00 bits per heavy atom. The summed E-state index contributed by atoms with van der Waals surface area (Å²) in [5.41, 5.74) is 2.61. The van der Waals surface area contributed by atoms with E-state index < -0.39 is 11.7 Å². The van der Waals surface area contributed by atoms with Crippen molar-refractivity contribution in [2.24, 2.45) is 0 Å². The van der Waals surface area contributed by atoms with Crippen LogP contribution < -0.4 is 10.6 Å². The molecule has 2 amide bonds. The van der Waals surface area contributed by atoms with Crippen molar-refractivity contribution in [1.29, 1.82) is 0 Å². The number of aromatic nitrogens is 3. The first-order valence-corrected chi connectivity index (χ1v) is 8.78. The standard InChI is InChI=1S/C21H16FN5O2/c1-13(28)25-15-7-8-17(22)18(10-15)26-21(29)14-9-19-20(23-11-14)27(12-24-19)16-5-3-2-4-6-16/h2-12H,1H3,(H,25,28)(H,26,29). The molecule has 0 radical (unpaired) electrons. The minimum atomic E-state index is -0.616. The summed E-state index contributed by atoms with van der Waals surface area (Å²) in [5.74, 6) is -1.44. The number of nitrogens with one attached hydrogen (secondary N) is 2. The Morgan fingerprint density at radius 3 is 2.55 bits per heavy atom. The Balaban J connectivity index is 1.61. The van der Waals surface area contributed by atoms with Gasteiger partial charge in [0.2, 0.25) is 5.91 Å². The van der Waals surface area contributed by atoms with E-state index in [0.717, 1.165) is 5.69 Å². The molecular formula is C21H16FN5O2. The highest BCUT2D eigenvalue weighted by Crippen LogP contribution is 2.22. The maximum atomic E-state index is 14.1. The minimum Gasteiger partial charge on any atom is -0.326 e. The van der Waals surface area contributed by atoms with E-state index in [9.17, 15) is 14.0 Å². The van der Waals surface area contributed by atoms with Crippen LogP contribution in [0.15, 0.2) is 67.1 Å². The molecule has 8 heteroatoms. The van der Waals surface area contributed by atoms with Crippen molar-refractivity contribution in [2.45, 2.75) is 6.92 Å². The van der Waals surface area contributed by atoms with Gasteiger partial charge in [0.1, 0.15) is 17.7 Å². The van der Waals surface area contributed by atoms with Gasteiger partial charge in [-0.15, -0.1) is 0 Å². The number of amides is 2. The predicted molar refractivity (Wildman–Crippen MR) is 108 cm³/mol. The van der Waals surface area contributed by atoms with Crippen LogP contribution in [0.25, 0.3) is 16.9 Å². The van der Waals surface area contributed by atoms with Crippen LogP contribution in [0, 0.1) is 5.82 Å². The van der Waals surface area contributed by atoms with E-state index >= 15 is 0 Å². The third-order valence-electron chi connectivity index (χ3n) is 4.22. The molecule has 0 aliphatic carbocycles. The molecule has 0 spiro atoms. The maximum Gasteiger partial charge on any atom is 0.257 e. The molecule has 0 saturated heterocycles. The van der Waals surface area contributed by atoms with Gasteiger partial charge in [0.15, 0.2) is 5.65 Å². The molecule has 7 nitrogen and oxygen atoms in total. The van der Waals surface area contributed by atoms with Crippen LogP contribution in [0.5, 0.6) is 0 Å². The molecule has 0 fully saturated rings. The van der Waals surface area contributed by atoms with Crippen molar-refractivity contribution in [2.75, 3.05) is 10.6 Å². The lowest BCUT2D eigenvalue weighted by Gasteiger charge is -2.09. The Morgan fingerprint density at radius 2 is 1.79 bits per heavy atom. The van der Waals surface area contributed by atoms with Crippen molar-refractivity contribution in [1.82, 2.24) is 14.5 Å². The topological polar surface area (TPSA) is 88.9 Å². The third-order valence-corrected chi connectivity index (χ3v) is 4.22. The van der Waals surface area contributed by atoms with Crippen LogP contribution in [0.2, 0.25) is 0 Å². The Labute approximate surface area is 165 Å². The number of carbonyl (C=O) groups is 2. The maximum absolute atomic E-state index is 14.1. The first-order valence-electron chi connectivity index (χ1n) is 8.78. The molecule has 0 aliphatic rings. The van der Waals surface area contributed by atoms with Crippen LogP contribution in [-0.4, -0.2) is 26.3 Å². The van der Waals surface area contributed by atoms with Crippen LogP contribution >= 0.6 is 0 Å². The lowest BCUT2D eigenvalue weighted by molar-refractivity contribution is -0.114. The van der Waals surface area contributed by atoms with Gasteiger partial charge in [-0.05, 0) is 36.4 Å². The highest BCUT2D eigenvalue weighted by atomic mass is 19.1. The van der Waals surface area contributed by atoms with Crippen molar-refractivity contribution in [3.63, 3.8) is 0 Å². The van der Waals surface area contributed by atoms with Gasteiger partial charge in [0, 0.05) is 24.5 Å². The average molecular weight is 389 g/mol. The number of benzene rings is 2. The summed E-state index contributed by atoms with van der Waals surface area (Å²) in [6.45, 7) is 1.34. The third kappa shape index (κ3) is 3.81. The molecule has 0 saturated carbocycles. The number of fused-ring (bicyclic) bond motifs is 1. The van der Waals surface area contributed by atoms with E-state index in [-0.39, 0.29) is 17.2 Å². The monoisotopic (exact) mass is 389 g/mol. The van der Waals surface area contributed by atoms with E-state index in [4.69, 9.17) is 0 Å². The fourth-order valence-corrected chi connectivity index (χ4v) is 2.90. The number of imidazole rings is 1. The quantitative estimate of drug-likeness (QED) is 0.556. The largest absolute Gasteiger partial charge is 0.326 e. The van der Waals surface area contributed by atoms with Crippen LogP contribution in [0.4, 0.5) is 15.8 Å². The van der Waals surface area contributed by atoms with Gasteiger partial charge in [-0.2, -0.15) is 0 Å². The summed E-state index contributed by atoms with van der Waals surface area (Å²) in [6.07, 6.45) is 3.04. The number of anilines is 2. The molecule has 29 heavy (non-hydrogen) atoms. The molecule has 0 aliphatic heterocycles. The molecule has 0 unspecified atom stereocenters. The van der Waals surface area contributed by atoms with E-state index in [0.29, 0.717) is 16.9 Å². The molecule has 0 atom stereocenters. The lowest BCUT2D eigenvalue weighted by atomic mass is 10.2. The smallest absolute Gasteiger partial charge is 0.257 e. The van der Waals surface area contributed by atoms with Crippen molar-refractivity contribution < 1.29 is 14.0 Å². The van der Waals surface area contributed by atoms with Crippen molar-refractivity contribution in [3.8, 4) is 5.69 Å². The Kier molecular flexibility index (Phi) is 4.74. The zero-order chi connectivity index (χ0) is 20.4. The van der Waals surface area contributed by atoms with Gasteiger partial charge in [-0.3, -0.25) is 14.2 Å². The molecule has 2 heterocycles. The zero-order valence-electron chi connectivity index (χ0n) is 15.4. The van der Waals surface area contributed by atoms with E-state index in [1.165, 1.54) is 31.3 Å². The minimum absolute atomic E-state index is 0.0452. The number of halogens is 1. The van der Waals surface area contributed by atoms with Crippen LogP contribution in [0.1, 0.15) is 17.3 Å². The second-order valence-corrected chi connectivity index (χ2v) is 6.35. The second kappa shape index (κ2) is 7.51. The predicted octanol–water partition coefficient (Wildman–Crippen LogP) is 3.77. The van der Waals surface area contributed by atoms with E-state index in [1.807, 2.05) is 34.9 Å². The van der Waals surface area contributed by atoms with Crippen molar-refractivity contribution >= 4 is 34.4 Å². The number of pyridine rings is 1. The summed E-state index contributed by atoms with van der Waals surface area (Å²) in [4.78, 5) is 32.4. The highest BCUT2D eigenvalue weighted by molar-refractivity contribution is 6.05. The molecule has 144 valence electrons. The lowest BCUT2D eigenvalue weighted by Crippen LogP contribution is -2.14. The number of carbonyl (C=O) groups excluding carboxylic acids is 2. The first kappa shape index (κ1) is 18.3. The number of rotatable bonds is 4. The fraction of sp³-hybridized carbons (Fsp3) is 0.0476. The number of nitrogens with zero attached hydrogens (tertiary/aromatic N) is 3. The van der Waals surface area contributed by atoms with Crippen molar-refractivity contribution in [3.05, 3.63) is 78.5 Å². The first-order chi connectivity index (χ1) is 14.0. The summed E-state index contributed by atoms with van der Waals surface area (Å²) < 4.78 is 15.9. The molecule has 2 aromatic carbocycles. The highest BCUT2D eigenvalue weighted by Gasteiger charge is 2.14. The van der Waals surface area contributed by atoms with E-state index in [2.05, 4.69) is 20.6 Å². The molecule has 2 aromatic heterocycles. The summed E-state index contributed by atoms with van der Waals surface area (Å²) >= 11 is 0. The Hall–Kier alpha value is -4.07.